The smallest absolute Gasteiger partial charge is 0.0230 e. The molecular weight excluding hydrogens is 160 g/mol. The summed E-state index contributed by atoms with van der Waals surface area (Å²) in [7, 11) is 0. The van der Waals surface area contributed by atoms with Crippen molar-refractivity contribution in [1.82, 2.24) is 4.90 Å². The van der Waals surface area contributed by atoms with Crippen LogP contribution in [0.1, 0.15) is 45.4 Å². The zero-order valence-corrected chi connectivity index (χ0v) is 8.97. The zero-order valence-electron chi connectivity index (χ0n) is 8.97. The fourth-order valence-corrected chi connectivity index (χ4v) is 1.97. The fraction of sp³-hybridized carbons (Fsp3) is 1.00. The van der Waals surface area contributed by atoms with E-state index in [1.54, 1.807) is 0 Å². The van der Waals surface area contributed by atoms with Gasteiger partial charge in [-0.1, -0.05) is 32.6 Å². The molecule has 1 aliphatic rings. The first-order valence-corrected chi connectivity index (χ1v) is 5.82. The van der Waals surface area contributed by atoms with Gasteiger partial charge in [0.05, 0.1) is 0 Å². The van der Waals surface area contributed by atoms with Crippen LogP contribution in [0.2, 0.25) is 0 Å². The zero-order chi connectivity index (χ0) is 9.52. The van der Waals surface area contributed by atoms with Crippen LogP contribution in [0.15, 0.2) is 0 Å². The highest BCUT2D eigenvalue weighted by Crippen LogP contribution is 2.16. The lowest BCUT2D eigenvalue weighted by Gasteiger charge is -2.40. The van der Waals surface area contributed by atoms with Crippen LogP contribution in [0, 0.1) is 0 Å². The Morgan fingerprint density at radius 3 is 2.54 bits per heavy atom. The van der Waals surface area contributed by atoms with E-state index >= 15 is 0 Å². The molecule has 1 rings (SSSR count). The Morgan fingerprint density at radius 2 is 2.00 bits per heavy atom. The van der Waals surface area contributed by atoms with E-state index in [0.717, 1.165) is 6.54 Å². The fourth-order valence-electron chi connectivity index (χ4n) is 1.97. The van der Waals surface area contributed by atoms with E-state index in [2.05, 4.69) is 11.8 Å². The van der Waals surface area contributed by atoms with E-state index in [1.165, 1.54) is 51.6 Å². The highest BCUT2D eigenvalue weighted by molar-refractivity contribution is 4.82. The molecule has 0 aromatic rings. The highest BCUT2D eigenvalue weighted by Gasteiger charge is 2.25. The predicted molar refractivity (Wildman–Crippen MR) is 57.8 cm³/mol. The first-order chi connectivity index (χ1) is 6.38. The van der Waals surface area contributed by atoms with Crippen LogP contribution in [-0.2, 0) is 0 Å². The summed E-state index contributed by atoms with van der Waals surface area (Å²) < 4.78 is 0. The minimum atomic E-state index is 0.714. The average molecular weight is 184 g/mol. The maximum atomic E-state index is 5.63. The molecule has 2 heteroatoms. The van der Waals surface area contributed by atoms with Crippen molar-refractivity contribution in [3.8, 4) is 0 Å². The molecule has 0 bridgehead atoms. The molecule has 0 saturated carbocycles. The van der Waals surface area contributed by atoms with Gasteiger partial charge in [-0.2, -0.15) is 0 Å². The van der Waals surface area contributed by atoms with Crippen LogP contribution in [0.3, 0.4) is 0 Å². The van der Waals surface area contributed by atoms with Crippen LogP contribution < -0.4 is 5.73 Å². The Balaban J connectivity index is 1.88. The van der Waals surface area contributed by atoms with Gasteiger partial charge in [0.1, 0.15) is 0 Å². The van der Waals surface area contributed by atoms with Crippen molar-refractivity contribution in [3.63, 3.8) is 0 Å². The molecule has 1 saturated heterocycles. The Kier molecular flexibility index (Phi) is 5.40. The summed E-state index contributed by atoms with van der Waals surface area (Å²) in [6, 6.07) is 0.714. The molecule has 2 nitrogen and oxygen atoms in total. The molecule has 78 valence electrons. The molecule has 0 spiro atoms. The number of likely N-dealkylation sites (tertiary alicyclic amines) is 1. The first-order valence-electron chi connectivity index (χ1n) is 5.82. The summed E-state index contributed by atoms with van der Waals surface area (Å²) in [4.78, 5) is 2.53. The van der Waals surface area contributed by atoms with Crippen molar-refractivity contribution >= 4 is 0 Å². The van der Waals surface area contributed by atoms with E-state index in [4.69, 9.17) is 5.73 Å². The summed E-state index contributed by atoms with van der Waals surface area (Å²) >= 11 is 0. The first kappa shape index (κ1) is 11.0. The number of nitrogens with two attached hydrogens (primary N) is 1. The third kappa shape index (κ3) is 3.65. The number of rotatable bonds is 7. The molecule has 0 radical (unpaired) electrons. The number of hydrogen-bond donors (Lipinski definition) is 1. The lowest BCUT2D eigenvalue weighted by Crippen LogP contribution is -2.51. The monoisotopic (exact) mass is 184 g/mol. The van der Waals surface area contributed by atoms with Crippen molar-refractivity contribution in [2.75, 3.05) is 19.6 Å². The average Bonchev–Trinajstić information content (AvgIpc) is 2.10. The Labute approximate surface area is 82.5 Å². The van der Waals surface area contributed by atoms with Gasteiger partial charge >= 0.3 is 0 Å². The van der Waals surface area contributed by atoms with Crippen molar-refractivity contribution in [2.24, 2.45) is 5.73 Å². The van der Waals surface area contributed by atoms with Crippen LogP contribution in [0.25, 0.3) is 0 Å². The second kappa shape index (κ2) is 6.39. The lowest BCUT2D eigenvalue weighted by molar-refractivity contribution is 0.0945. The molecular formula is C11H24N2. The third-order valence-electron chi connectivity index (χ3n) is 3.09. The van der Waals surface area contributed by atoms with Crippen molar-refractivity contribution < 1.29 is 0 Å². The molecule has 0 aromatic heterocycles. The molecule has 0 aliphatic carbocycles. The third-order valence-corrected chi connectivity index (χ3v) is 3.09. The van der Waals surface area contributed by atoms with E-state index in [0.29, 0.717) is 6.04 Å². The van der Waals surface area contributed by atoms with Crippen molar-refractivity contribution in [2.45, 2.75) is 51.5 Å². The van der Waals surface area contributed by atoms with Crippen LogP contribution >= 0.6 is 0 Å². The molecule has 13 heavy (non-hydrogen) atoms. The van der Waals surface area contributed by atoms with Gasteiger partial charge in [-0.3, -0.25) is 4.90 Å². The molecule has 2 N–H and O–H groups in total. The molecule has 0 aromatic carbocycles. The minimum absolute atomic E-state index is 0.714. The molecule has 1 heterocycles. The standard InChI is InChI=1S/C11H24N2/c1-2-3-4-5-6-8-13-9-7-11(13)10-12/h11H,2-10,12H2,1H3. The van der Waals surface area contributed by atoms with Gasteiger partial charge in [0, 0.05) is 19.1 Å². The molecule has 1 atom stereocenters. The molecule has 1 aliphatic heterocycles. The normalized spacial score (nSPS) is 23.1. The Morgan fingerprint density at radius 1 is 1.23 bits per heavy atom. The van der Waals surface area contributed by atoms with Crippen LogP contribution in [0.4, 0.5) is 0 Å². The van der Waals surface area contributed by atoms with Gasteiger partial charge in [0.15, 0.2) is 0 Å². The molecule has 0 amide bonds. The highest BCUT2D eigenvalue weighted by atomic mass is 15.2. The summed E-state index contributed by atoms with van der Waals surface area (Å²) in [5, 5.41) is 0. The summed E-state index contributed by atoms with van der Waals surface area (Å²) in [6.45, 7) is 5.69. The minimum Gasteiger partial charge on any atom is -0.329 e. The predicted octanol–water partition coefficient (Wildman–Crippen LogP) is 1.99. The van der Waals surface area contributed by atoms with Gasteiger partial charge in [0.2, 0.25) is 0 Å². The maximum Gasteiger partial charge on any atom is 0.0230 e. The SMILES string of the molecule is CCCCCCCN1CCC1CN. The van der Waals surface area contributed by atoms with E-state index in [-0.39, 0.29) is 0 Å². The second-order valence-corrected chi connectivity index (χ2v) is 4.13. The topological polar surface area (TPSA) is 29.3 Å². The maximum absolute atomic E-state index is 5.63. The Bertz CT molecular complexity index is 123. The summed E-state index contributed by atoms with van der Waals surface area (Å²) in [6.07, 6.45) is 8.26. The van der Waals surface area contributed by atoms with Gasteiger partial charge in [0.25, 0.3) is 0 Å². The largest absolute Gasteiger partial charge is 0.329 e. The van der Waals surface area contributed by atoms with Crippen LogP contribution in [-0.4, -0.2) is 30.6 Å². The van der Waals surface area contributed by atoms with Crippen molar-refractivity contribution in [1.29, 1.82) is 0 Å². The summed E-state index contributed by atoms with van der Waals surface area (Å²) in [5.74, 6) is 0. The summed E-state index contributed by atoms with van der Waals surface area (Å²) in [5.41, 5.74) is 5.63. The van der Waals surface area contributed by atoms with Crippen molar-refractivity contribution in [3.05, 3.63) is 0 Å². The lowest BCUT2D eigenvalue weighted by atomic mass is 10.0. The van der Waals surface area contributed by atoms with Gasteiger partial charge in [-0.15, -0.1) is 0 Å². The van der Waals surface area contributed by atoms with E-state index < -0.39 is 0 Å². The second-order valence-electron chi connectivity index (χ2n) is 4.13. The number of hydrogen-bond acceptors (Lipinski definition) is 2. The Hall–Kier alpha value is -0.0800. The van der Waals surface area contributed by atoms with E-state index in [1.807, 2.05) is 0 Å². The molecule has 1 fully saturated rings. The van der Waals surface area contributed by atoms with Gasteiger partial charge in [-0.25, -0.2) is 0 Å². The number of nitrogens with zero attached hydrogens (tertiary/aromatic N) is 1. The number of unbranched alkanes of at least 4 members (excludes halogenated alkanes) is 4. The quantitative estimate of drug-likeness (QED) is 0.613. The molecule has 1 unspecified atom stereocenters. The van der Waals surface area contributed by atoms with Gasteiger partial charge in [-0.05, 0) is 19.4 Å². The van der Waals surface area contributed by atoms with Gasteiger partial charge < -0.3 is 5.73 Å². The van der Waals surface area contributed by atoms with E-state index in [9.17, 15) is 0 Å². The van der Waals surface area contributed by atoms with Crippen LogP contribution in [0.5, 0.6) is 0 Å².